The maximum absolute atomic E-state index is 12.8. The van der Waals surface area contributed by atoms with Crippen molar-refractivity contribution in [3.63, 3.8) is 0 Å². The number of nitrogens with one attached hydrogen (secondary N) is 1. The van der Waals surface area contributed by atoms with E-state index in [2.05, 4.69) is 10.3 Å². The van der Waals surface area contributed by atoms with Crippen molar-refractivity contribution in [1.29, 1.82) is 0 Å². The average Bonchev–Trinajstić information content (AvgIpc) is 2.79. The van der Waals surface area contributed by atoms with Crippen LogP contribution in [0.3, 0.4) is 0 Å². The fourth-order valence-corrected chi connectivity index (χ4v) is 5.48. The molecular formula is C22H29N5O5S. The molecule has 0 unspecified atom stereocenters. The van der Waals surface area contributed by atoms with Gasteiger partial charge in [0.25, 0.3) is 5.69 Å². The molecule has 1 aliphatic heterocycles. The summed E-state index contributed by atoms with van der Waals surface area (Å²) in [7, 11) is -3.81. The summed E-state index contributed by atoms with van der Waals surface area (Å²) in [6.45, 7) is 6.81. The highest BCUT2D eigenvalue weighted by Gasteiger charge is 2.31. The third-order valence-corrected chi connectivity index (χ3v) is 7.91. The quantitative estimate of drug-likeness (QED) is 0.459. The molecule has 1 aromatic carbocycles. The summed E-state index contributed by atoms with van der Waals surface area (Å²) >= 11 is 0. The van der Waals surface area contributed by atoms with Crippen LogP contribution in [-0.4, -0.2) is 54.7 Å². The number of anilines is 2. The number of rotatable bonds is 8. The molecule has 1 amide bonds. The van der Waals surface area contributed by atoms with Crippen molar-refractivity contribution in [1.82, 2.24) is 9.29 Å². The first-order valence-corrected chi connectivity index (χ1v) is 12.4. The van der Waals surface area contributed by atoms with E-state index in [4.69, 9.17) is 0 Å². The van der Waals surface area contributed by atoms with Gasteiger partial charge in [0.2, 0.25) is 15.9 Å². The van der Waals surface area contributed by atoms with Gasteiger partial charge < -0.3 is 10.2 Å². The van der Waals surface area contributed by atoms with Gasteiger partial charge in [-0.05, 0) is 49.6 Å². The molecule has 10 nitrogen and oxygen atoms in total. The highest BCUT2D eigenvalue weighted by molar-refractivity contribution is 7.89. The topological polar surface area (TPSA) is 126 Å². The molecule has 0 radical (unpaired) electrons. The zero-order chi connectivity index (χ0) is 24.2. The first-order chi connectivity index (χ1) is 15.7. The van der Waals surface area contributed by atoms with E-state index in [1.165, 1.54) is 16.4 Å². The highest BCUT2D eigenvalue weighted by Crippen LogP contribution is 2.34. The van der Waals surface area contributed by atoms with Gasteiger partial charge in [-0.1, -0.05) is 13.8 Å². The molecule has 2 heterocycles. The Kier molecular flexibility index (Phi) is 7.65. The number of hydrogen-bond donors (Lipinski definition) is 1. The fraction of sp³-hybridized carbons (Fsp3) is 0.455. The lowest BCUT2D eigenvalue weighted by Gasteiger charge is -2.32. The molecule has 0 atom stereocenters. The van der Waals surface area contributed by atoms with Crippen LogP contribution in [-0.2, 0) is 14.8 Å². The summed E-state index contributed by atoms with van der Waals surface area (Å²) in [6.07, 6.45) is 2.68. The van der Waals surface area contributed by atoms with Crippen molar-refractivity contribution < 1.29 is 18.1 Å². The van der Waals surface area contributed by atoms with Crippen LogP contribution < -0.4 is 10.2 Å². The summed E-state index contributed by atoms with van der Waals surface area (Å²) in [5.41, 5.74) is 1.10. The molecule has 1 fully saturated rings. The minimum Gasteiger partial charge on any atom is -0.366 e. The Morgan fingerprint density at radius 2 is 1.88 bits per heavy atom. The number of carbonyl (C=O) groups excluding carboxylic acids is 1. The molecule has 1 aliphatic rings. The Labute approximate surface area is 193 Å². The van der Waals surface area contributed by atoms with Crippen LogP contribution in [0.15, 0.2) is 41.4 Å². The van der Waals surface area contributed by atoms with Crippen LogP contribution >= 0.6 is 0 Å². The zero-order valence-electron chi connectivity index (χ0n) is 19.0. The van der Waals surface area contributed by atoms with Gasteiger partial charge in [-0.25, -0.2) is 13.4 Å². The Balaban J connectivity index is 1.74. The van der Waals surface area contributed by atoms with Crippen LogP contribution in [0.4, 0.5) is 17.2 Å². The van der Waals surface area contributed by atoms with Gasteiger partial charge in [-0.3, -0.25) is 14.9 Å². The molecule has 1 saturated heterocycles. The third kappa shape index (κ3) is 5.48. The molecule has 2 aromatic rings. The lowest BCUT2D eigenvalue weighted by Crippen LogP contribution is -2.38. The van der Waals surface area contributed by atoms with E-state index in [9.17, 15) is 23.3 Å². The molecule has 0 saturated carbocycles. The monoisotopic (exact) mass is 475 g/mol. The van der Waals surface area contributed by atoms with E-state index in [0.29, 0.717) is 37.4 Å². The molecule has 178 valence electrons. The molecule has 11 heteroatoms. The van der Waals surface area contributed by atoms with Crippen LogP contribution in [0.2, 0.25) is 0 Å². The van der Waals surface area contributed by atoms with Crippen LogP contribution in [0.1, 0.15) is 32.3 Å². The molecular weight excluding hydrogens is 446 g/mol. The van der Waals surface area contributed by atoms with Crippen molar-refractivity contribution in [2.75, 3.05) is 36.4 Å². The van der Waals surface area contributed by atoms with Crippen molar-refractivity contribution in [2.24, 2.45) is 5.92 Å². The number of carbonyl (C=O) groups is 1. The van der Waals surface area contributed by atoms with Crippen molar-refractivity contribution in [3.8, 4) is 0 Å². The number of nitro groups is 1. The van der Waals surface area contributed by atoms with E-state index in [0.717, 1.165) is 11.6 Å². The van der Waals surface area contributed by atoms with Crippen molar-refractivity contribution in [2.45, 2.75) is 38.5 Å². The number of pyridine rings is 1. The number of aromatic nitrogens is 1. The second kappa shape index (κ2) is 10.3. The van der Waals surface area contributed by atoms with Crippen molar-refractivity contribution in [3.05, 3.63) is 52.2 Å². The van der Waals surface area contributed by atoms with Gasteiger partial charge in [0.1, 0.15) is 11.5 Å². The number of benzene rings is 1. The Morgan fingerprint density at radius 3 is 2.45 bits per heavy atom. The van der Waals surface area contributed by atoms with Crippen LogP contribution in [0, 0.1) is 23.0 Å². The van der Waals surface area contributed by atoms with E-state index in [-0.39, 0.29) is 35.5 Å². The number of amides is 1. The second-order valence-corrected chi connectivity index (χ2v) is 9.90. The number of piperidine rings is 1. The second-order valence-electron chi connectivity index (χ2n) is 7.97. The predicted octanol–water partition coefficient (Wildman–Crippen LogP) is 3.18. The molecule has 1 aromatic heterocycles. The molecule has 0 aliphatic carbocycles. The predicted molar refractivity (Wildman–Crippen MR) is 126 cm³/mol. The highest BCUT2D eigenvalue weighted by atomic mass is 32.2. The maximum Gasteiger partial charge on any atom is 0.293 e. The molecule has 0 spiro atoms. The van der Waals surface area contributed by atoms with Crippen molar-refractivity contribution >= 4 is 33.1 Å². The number of sulfonamides is 1. The number of nitro benzene ring substituents is 1. The van der Waals surface area contributed by atoms with Gasteiger partial charge in [-0.2, -0.15) is 4.31 Å². The number of hydrogen-bond acceptors (Lipinski definition) is 7. The molecule has 3 rings (SSSR count). The minimum atomic E-state index is -3.81. The molecule has 1 N–H and O–H groups in total. The molecule has 33 heavy (non-hydrogen) atoms. The van der Waals surface area contributed by atoms with Crippen LogP contribution in [0.25, 0.3) is 0 Å². The van der Waals surface area contributed by atoms with E-state index >= 15 is 0 Å². The first kappa shape index (κ1) is 24.6. The zero-order valence-corrected chi connectivity index (χ0v) is 19.8. The van der Waals surface area contributed by atoms with E-state index < -0.39 is 14.9 Å². The maximum atomic E-state index is 12.8. The minimum absolute atomic E-state index is 0.0958. The van der Waals surface area contributed by atoms with E-state index in [1.807, 2.05) is 17.9 Å². The van der Waals surface area contributed by atoms with Crippen LogP contribution in [0.5, 0.6) is 0 Å². The lowest BCUT2D eigenvalue weighted by atomic mass is 9.95. The van der Waals surface area contributed by atoms with Gasteiger partial charge in [0.05, 0.1) is 9.82 Å². The molecule has 0 bridgehead atoms. The first-order valence-electron chi connectivity index (χ1n) is 10.9. The summed E-state index contributed by atoms with van der Waals surface area (Å²) < 4.78 is 26.8. The van der Waals surface area contributed by atoms with Gasteiger partial charge in [0.15, 0.2) is 0 Å². The SMILES string of the molecule is CCN(CC)S(=O)(=O)c1ccc(N2CCC(C(=O)Nc3cc(C)ccn3)CC2)c([N+](=O)[O-])c1. The fourth-order valence-electron chi connectivity index (χ4n) is 4.01. The Bertz CT molecular complexity index is 1130. The Morgan fingerprint density at radius 1 is 1.21 bits per heavy atom. The smallest absolute Gasteiger partial charge is 0.293 e. The summed E-state index contributed by atoms with van der Waals surface area (Å²) in [6, 6.07) is 7.68. The number of aryl methyl sites for hydroxylation is 1. The summed E-state index contributed by atoms with van der Waals surface area (Å²) in [4.78, 5) is 29.7. The van der Waals surface area contributed by atoms with Gasteiger partial charge >= 0.3 is 0 Å². The summed E-state index contributed by atoms with van der Waals surface area (Å²) in [5.74, 6) is 0.149. The van der Waals surface area contributed by atoms with Gasteiger partial charge in [-0.15, -0.1) is 0 Å². The van der Waals surface area contributed by atoms with E-state index in [1.54, 1.807) is 26.1 Å². The third-order valence-electron chi connectivity index (χ3n) is 5.86. The number of nitrogens with zero attached hydrogens (tertiary/aromatic N) is 4. The normalized spacial score (nSPS) is 15.0. The largest absolute Gasteiger partial charge is 0.366 e. The Hall–Kier alpha value is -3.05. The average molecular weight is 476 g/mol. The summed E-state index contributed by atoms with van der Waals surface area (Å²) in [5, 5.41) is 14.6. The standard InChI is InChI=1S/C22H29N5O5S/c1-4-26(5-2)33(31,32)18-6-7-19(20(15-18)27(29)30)25-12-9-17(10-13-25)22(28)24-21-14-16(3)8-11-23-21/h6-8,11,14-15,17H,4-5,9-10,12-13H2,1-3H3,(H,23,24,28). The lowest BCUT2D eigenvalue weighted by molar-refractivity contribution is -0.384. The van der Waals surface area contributed by atoms with Gasteiger partial charge in [0, 0.05) is 44.4 Å².